The number of rotatable bonds is 7. The van der Waals surface area contributed by atoms with Gasteiger partial charge >= 0.3 is 0 Å². The van der Waals surface area contributed by atoms with Gasteiger partial charge < -0.3 is 4.79 Å². The lowest BCUT2D eigenvalue weighted by Crippen LogP contribution is -2.08. The molecule has 0 aromatic heterocycles. The van der Waals surface area contributed by atoms with Crippen LogP contribution >= 0.6 is 11.8 Å². The minimum Gasteiger partial charge on any atom is -0.302 e. The van der Waals surface area contributed by atoms with Gasteiger partial charge in [-0.15, -0.1) is 0 Å². The van der Waals surface area contributed by atoms with Crippen LogP contribution in [0.4, 0.5) is 0 Å². The Balaban J connectivity index is 2.48. The molecule has 1 aromatic carbocycles. The number of aldehydes is 1. The Kier molecular flexibility index (Phi) is 6.24. The van der Waals surface area contributed by atoms with Crippen molar-refractivity contribution in [3.05, 3.63) is 42.8 Å². The first-order valence-electron chi connectivity index (χ1n) is 5.67. The first kappa shape index (κ1) is 13.3. The van der Waals surface area contributed by atoms with E-state index in [0.29, 0.717) is 16.9 Å². The fourth-order valence-electron chi connectivity index (χ4n) is 1.76. The Bertz CT molecular complexity index is 297. The number of thioether (sulfide) groups is 1. The summed E-state index contributed by atoms with van der Waals surface area (Å²) >= 11 is 1.71. The van der Waals surface area contributed by atoms with Crippen molar-refractivity contribution in [2.75, 3.05) is 5.75 Å². The van der Waals surface area contributed by atoms with Crippen LogP contribution in [0.2, 0.25) is 0 Å². The van der Waals surface area contributed by atoms with E-state index in [1.54, 1.807) is 11.8 Å². The Hall–Kier alpha value is -0.760. The molecule has 2 atom stereocenters. The van der Waals surface area contributed by atoms with Crippen LogP contribution in [0.15, 0.2) is 30.3 Å². The highest BCUT2D eigenvalue weighted by Crippen LogP contribution is 2.27. The van der Waals surface area contributed by atoms with E-state index < -0.39 is 0 Å². The average molecular weight is 235 g/mol. The number of hydrogen-bond acceptors (Lipinski definition) is 2. The van der Waals surface area contributed by atoms with Gasteiger partial charge in [-0.05, 0) is 24.3 Å². The first-order valence-corrected chi connectivity index (χ1v) is 6.72. The minimum absolute atomic E-state index is 0.486. The number of carbonyl (C=O) groups is 1. The second-order valence-corrected chi connectivity index (χ2v) is 5.29. The second-order valence-electron chi connectivity index (χ2n) is 3.96. The highest BCUT2D eigenvalue weighted by Gasteiger charge is 2.13. The van der Waals surface area contributed by atoms with Crippen LogP contribution < -0.4 is 0 Å². The molecule has 0 heterocycles. The van der Waals surface area contributed by atoms with Crippen molar-refractivity contribution in [2.24, 2.45) is 0 Å². The lowest BCUT2D eigenvalue weighted by atomic mass is 9.95. The van der Waals surface area contributed by atoms with Crippen LogP contribution in [0.5, 0.6) is 0 Å². The van der Waals surface area contributed by atoms with Crippen molar-refractivity contribution in [2.45, 2.75) is 30.9 Å². The Morgan fingerprint density at radius 3 is 2.62 bits per heavy atom. The Morgan fingerprint density at radius 1 is 1.38 bits per heavy atom. The van der Waals surface area contributed by atoms with E-state index in [2.05, 4.69) is 38.1 Å². The monoisotopic (exact) mass is 235 g/mol. The number of benzene rings is 1. The molecule has 0 fully saturated rings. The summed E-state index contributed by atoms with van der Waals surface area (Å²) in [4.78, 5) is 10.3. The molecule has 0 aliphatic heterocycles. The molecule has 0 saturated heterocycles. The average Bonchev–Trinajstić information content (AvgIpc) is 2.35. The zero-order valence-corrected chi connectivity index (χ0v) is 10.6. The molecule has 0 amide bonds. The molecule has 16 heavy (non-hydrogen) atoms. The molecule has 1 nitrogen and oxygen atoms in total. The summed E-state index contributed by atoms with van der Waals surface area (Å²) in [5.74, 6) is 1.12. The number of hydrogen-bond donors (Lipinski definition) is 0. The van der Waals surface area contributed by atoms with Crippen LogP contribution in [0, 0.1) is 6.92 Å². The Labute approximate surface area is 103 Å². The third-order valence-corrected chi connectivity index (χ3v) is 3.94. The van der Waals surface area contributed by atoms with Gasteiger partial charge in [0.15, 0.2) is 0 Å². The van der Waals surface area contributed by atoms with E-state index in [1.807, 2.05) is 6.07 Å². The fourth-order valence-corrected chi connectivity index (χ4v) is 2.70. The van der Waals surface area contributed by atoms with Crippen molar-refractivity contribution < 1.29 is 4.79 Å². The standard InChI is InChI=1S/C14H19OS/c1-3-14(16-10-9-15)11-12(2)13-7-5-4-6-8-13/h4-9,12,14H,1,3,10-11H2,2H3. The van der Waals surface area contributed by atoms with Gasteiger partial charge in [0, 0.05) is 11.0 Å². The second kappa shape index (κ2) is 7.50. The van der Waals surface area contributed by atoms with Crippen molar-refractivity contribution in [3.63, 3.8) is 0 Å². The van der Waals surface area contributed by atoms with E-state index in [0.717, 1.165) is 19.1 Å². The summed E-state index contributed by atoms with van der Waals surface area (Å²) < 4.78 is 0. The molecule has 2 heteroatoms. The Morgan fingerprint density at radius 2 is 2.06 bits per heavy atom. The fraction of sp³-hybridized carbons (Fsp3) is 0.429. The molecular formula is C14H19OS. The van der Waals surface area contributed by atoms with Crippen LogP contribution in [0.25, 0.3) is 0 Å². The molecule has 0 aliphatic rings. The molecule has 0 N–H and O–H groups in total. The lowest BCUT2D eigenvalue weighted by molar-refractivity contribution is -0.105. The lowest BCUT2D eigenvalue weighted by Gasteiger charge is -2.18. The largest absolute Gasteiger partial charge is 0.302 e. The molecule has 2 unspecified atom stereocenters. The highest BCUT2D eigenvalue weighted by atomic mass is 32.2. The number of carbonyl (C=O) groups excluding carboxylic acids is 1. The van der Waals surface area contributed by atoms with Gasteiger partial charge in [-0.2, -0.15) is 11.8 Å². The third-order valence-electron chi connectivity index (χ3n) is 2.71. The maximum Gasteiger partial charge on any atom is 0.129 e. The van der Waals surface area contributed by atoms with Gasteiger partial charge in [0.2, 0.25) is 0 Å². The van der Waals surface area contributed by atoms with E-state index in [4.69, 9.17) is 0 Å². The molecule has 1 radical (unpaired) electrons. The molecular weight excluding hydrogens is 216 g/mol. The van der Waals surface area contributed by atoms with Gasteiger partial charge in [-0.1, -0.05) is 44.2 Å². The molecule has 0 saturated carbocycles. The molecule has 1 rings (SSSR count). The summed E-state index contributed by atoms with van der Waals surface area (Å²) in [6.07, 6.45) is 2.95. The molecule has 0 bridgehead atoms. The third kappa shape index (κ3) is 4.40. The van der Waals surface area contributed by atoms with E-state index in [1.165, 1.54) is 5.56 Å². The zero-order valence-electron chi connectivity index (χ0n) is 9.76. The van der Waals surface area contributed by atoms with Crippen molar-refractivity contribution in [3.8, 4) is 0 Å². The maximum absolute atomic E-state index is 10.3. The van der Waals surface area contributed by atoms with Gasteiger partial charge in [-0.3, -0.25) is 0 Å². The maximum atomic E-state index is 10.3. The van der Waals surface area contributed by atoms with Crippen molar-refractivity contribution >= 4 is 18.0 Å². The van der Waals surface area contributed by atoms with Crippen LogP contribution in [-0.4, -0.2) is 17.3 Å². The van der Waals surface area contributed by atoms with Gasteiger partial charge in [0.25, 0.3) is 0 Å². The summed E-state index contributed by atoms with van der Waals surface area (Å²) in [5.41, 5.74) is 1.37. The topological polar surface area (TPSA) is 17.1 Å². The zero-order chi connectivity index (χ0) is 11.8. The molecule has 1 aromatic rings. The highest BCUT2D eigenvalue weighted by molar-refractivity contribution is 8.00. The van der Waals surface area contributed by atoms with Crippen LogP contribution in [0.3, 0.4) is 0 Å². The summed E-state index contributed by atoms with van der Waals surface area (Å²) in [6.45, 7) is 6.18. The predicted molar refractivity (Wildman–Crippen MR) is 71.8 cm³/mol. The molecule has 87 valence electrons. The smallest absolute Gasteiger partial charge is 0.129 e. The summed E-state index contributed by atoms with van der Waals surface area (Å²) in [5, 5.41) is 0.486. The van der Waals surface area contributed by atoms with E-state index >= 15 is 0 Å². The van der Waals surface area contributed by atoms with Crippen LogP contribution in [-0.2, 0) is 4.79 Å². The quantitative estimate of drug-likeness (QED) is 0.670. The van der Waals surface area contributed by atoms with E-state index in [9.17, 15) is 4.79 Å². The van der Waals surface area contributed by atoms with Gasteiger partial charge in [0.1, 0.15) is 6.29 Å². The predicted octanol–water partition coefficient (Wildman–Crippen LogP) is 3.71. The SMILES string of the molecule is [CH2]CC(CC(C)c1ccccc1)SCC=O. The molecule has 0 spiro atoms. The normalized spacial score (nSPS) is 14.4. The van der Waals surface area contributed by atoms with Gasteiger partial charge in [0.05, 0.1) is 0 Å². The van der Waals surface area contributed by atoms with Crippen molar-refractivity contribution in [1.29, 1.82) is 0 Å². The first-order chi connectivity index (χ1) is 7.77. The van der Waals surface area contributed by atoms with E-state index in [-0.39, 0.29) is 0 Å². The van der Waals surface area contributed by atoms with Crippen LogP contribution in [0.1, 0.15) is 31.2 Å². The summed E-state index contributed by atoms with van der Waals surface area (Å²) in [6, 6.07) is 10.5. The van der Waals surface area contributed by atoms with Crippen molar-refractivity contribution in [1.82, 2.24) is 0 Å². The molecule has 0 aliphatic carbocycles. The summed E-state index contributed by atoms with van der Waals surface area (Å²) in [7, 11) is 0. The van der Waals surface area contributed by atoms with Gasteiger partial charge in [-0.25, -0.2) is 0 Å². The minimum atomic E-state index is 0.486.